The quantitative estimate of drug-likeness (QED) is 0.149. The molecule has 3 heterocycles. The summed E-state index contributed by atoms with van der Waals surface area (Å²) in [6, 6.07) is 78.7. The van der Waals surface area contributed by atoms with Gasteiger partial charge in [0.25, 0.3) is 0 Å². The molecule has 0 bridgehead atoms. The van der Waals surface area contributed by atoms with Crippen LogP contribution in [0.1, 0.15) is 122 Å². The van der Waals surface area contributed by atoms with Gasteiger partial charge in [0, 0.05) is 38.2 Å². The summed E-state index contributed by atoms with van der Waals surface area (Å²) in [5.41, 5.74) is 19.2. The number of benzene rings is 10. The van der Waals surface area contributed by atoms with Crippen molar-refractivity contribution in [3.63, 3.8) is 0 Å². The SMILES string of the molecule is CC(C)(C)c1ccc2c(c1)c1cc(C(C)(C)C)ccc1n2-c1cc(-c2ccccc2C#N)ccc1-c1nc(-c2ccc(-c3ccccc3C#N)cc2)nc(-c2ccc(-c3ccccc3C#N)cc2-n2c3ccc(C(C)(C)C)cc3c3cc(C(C)(C)C)ccc32)n1. The lowest BCUT2D eigenvalue weighted by atomic mass is 9.85. The second-order valence-corrected chi connectivity index (χ2v) is 27.9. The molecule has 0 atom stereocenters. The van der Waals surface area contributed by atoms with Gasteiger partial charge in [0.1, 0.15) is 0 Å². The fourth-order valence-corrected chi connectivity index (χ4v) is 12.6. The zero-order valence-corrected chi connectivity index (χ0v) is 53.2. The molecule has 8 nitrogen and oxygen atoms in total. The number of nitriles is 3. The molecule has 0 unspecified atom stereocenters. The van der Waals surface area contributed by atoms with Crippen molar-refractivity contribution < 1.29 is 0 Å². The molecule has 438 valence electrons. The first kappa shape index (κ1) is 58.3. The first-order valence-corrected chi connectivity index (χ1v) is 30.8. The van der Waals surface area contributed by atoms with Crippen LogP contribution in [0.25, 0.3) is 123 Å². The highest BCUT2D eigenvalue weighted by Crippen LogP contribution is 2.45. The van der Waals surface area contributed by atoms with Gasteiger partial charge in [-0.05, 0) is 168 Å². The molecule has 90 heavy (non-hydrogen) atoms. The maximum atomic E-state index is 10.6. The fraction of sp³-hybridized carbons (Fsp3) is 0.195. The molecule has 0 saturated carbocycles. The van der Waals surface area contributed by atoms with E-state index in [2.05, 4.69) is 220 Å². The third-order valence-electron chi connectivity index (χ3n) is 17.8. The minimum atomic E-state index is -0.120. The highest BCUT2D eigenvalue weighted by atomic mass is 15.1. The summed E-state index contributed by atoms with van der Waals surface area (Å²) in [6.07, 6.45) is 0. The van der Waals surface area contributed by atoms with E-state index >= 15 is 0 Å². The first-order chi connectivity index (χ1) is 43.0. The molecule has 0 radical (unpaired) electrons. The molecule has 3 aromatic heterocycles. The Labute approximate surface area is 527 Å². The van der Waals surface area contributed by atoms with Crippen LogP contribution in [0, 0.1) is 34.0 Å². The van der Waals surface area contributed by atoms with Gasteiger partial charge in [-0.15, -0.1) is 0 Å². The lowest BCUT2D eigenvalue weighted by Gasteiger charge is -2.20. The number of aromatic nitrogens is 5. The molecule has 0 aliphatic carbocycles. The van der Waals surface area contributed by atoms with E-state index in [0.717, 1.165) is 105 Å². The summed E-state index contributed by atoms with van der Waals surface area (Å²) >= 11 is 0. The van der Waals surface area contributed by atoms with Crippen LogP contribution in [0.5, 0.6) is 0 Å². The molecule has 0 fully saturated rings. The van der Waals surface area contributed by atoms with Gasteiger partial charge in [0.2, 0.25) is 0 Å². The van der Waals surface area contributed by atoms with Crippen molar-refractivity contribution in [2.24, 2.45) is 0 Å². The largest absolute Gasteiger partial charge is 0.308 e. The van der Waals surface area contributed by atoms with E-state index in [-0.39, 0.29) is 21.7 Å². The molecule has 0 aliphatic rings. The molecule has 0 spiro atoms. The predicted octanol–water partition coefficient (Wildman–Crippen LogP) is 20.9. The van der Waals surface area contributed by atoms with Crippen molar-refractivity contribution in [3.8, 4) is 97.1 Å². The van der Waals surface area contributed by atoms with Gasteiger partial charge in [-0.3, -0.25) is 0 Å². The number of hydrogen-bond donors (Lipinski definition) is 0. The average molecular weight is 1170 g/mol. The smallest absolute Gasteiger partial charge is 0.166 e. The third-order valence-corrected chi connectivity index (χ3v) is 17.8. The summed E-state index contributed by atoms with van der Waals surface area (Å²) in [7, 11) is 0. The number of fused-ring (bicyclic) bond motifs is 6. The lowest BCUT2D eigenvalue weighted by Crippen LogP contribution is -2.10. The topological polar surface area (TPSA) is 120 Å². The van der Waals surface area contributed by atoms with Crippen molar-refractivity contribution >= 4 is 43.6 Å². The van der Waals surface area contributed by atoms with E-state index in [0.29, 0.717) is 34.2 Å². The van der Waals surface area contributed by atoms with E-state index in [1.54, 1.807) is 0 Å². The maximum absolute atomic E-state index is 10.6. The van der Waals surface area contributed by atoms with Gasteiger partial charge in [0.15, 0.2) is 17.5 Å². The molecule has 0 N–H and O–H groups in total. The number of nitrogens with zero attached hydrogens (tertiary/aromatic N) is 8. The van der Waals surface area contributed by atoms with Crippen LogP contribution in [-0.2, 0) is 21.7 Å². The highest BCUT2D eigenvalue weighted by molar-refractivity contribution is 6.12. The zero-order chi connectivity index (χ0) is 63.2. The highest BCUT2D eigenvalue weighted by Gasteiger charge is 2.28. The Hall–Kier alpha value is -10.7. The van der Waals surface area contributed by atoms with Gasteiger partial charge in [0.05, 0.1) is 68.3 Å². The second kappa shape index (κ2) is 21.8. The molecule has 0 amide bonds. The zero-order valence-electron chi connectivity index (χ0n) is 53.2. The lowest BCUT2D eigenvalue weighted by molar-refractivity contribution is 0.590. The number of rotatable bonds is 8. The molecule has 0 aliphatic heterocycles. The minimum absolute atomic E-state index is 0.120. The van der Waals surface area contributed by atoms with E-state index in [1.807, 2.05) is 97.1 Å². The summed E-state index contributed by atoms with van der Waals surface area (Å²) < 4.78 is 4.70. The predicted molar refractivity (Wildman–Crippen MR) is 370 cm³/mol. The fourth-order valence-electron chi connectivity index (χ4n) is 12.6. The molecule has 13 rings (SSSR count). The van der Waals surface area contributed by atoms with Crippen LogP contribution < -0.4 is 0 Å². The Bertz CT molecular complexity index is 4780. The van der Waals surface area contributed by atoms with Gasteiger partial charge >= 0.3 is 0 Å². The molecule has 0 saturated heterocycles. The monoisotopic (exact) mass is 1170 g/mol. The van der Waals surface area contributed by atoms with Crippen LogP contribution in [0.3, 0.4) is 0 Å². The van der Waals surface area contributed by atoms with Crippen molar-refractivity contribution in [3.05, 3.63) is 245 Å². The van der Waals surface area contributed by atoms with Crippen molar-refractivity contribution in [1.29, 1.82) is 15.8 Å². The maximum Gasteiger partial charge on any atom is 0.166 e. The summed E-state index contributed by atoms with van der Waals surface area (Å²) in [5.74, 6) is 1.32. The van der Waals surface area contributed by atoms with Crippen LogP contribution in [0.15, 0.2) is 206 Å². The van der Waals surface area contributed by atoms with E-state index in [1.165, 1.54) is 22.3 Å². The second-order valence-electron chi connectivity index (χ2n) is 27.9. The summed E-state index contributed by atoms with van der Waals surface area (Å²) in [4.78, 5) is 16.8. The van der Waals surface area contributed by atoms with Crippen LogP contribution in [0.4, 0.5) is 0 Å². The van der Waals surface area contributed by atoms with Crippen LogP contribution in [-0.4, -0.2) is 24.1 Å². The Morgan fingerprint density at radius 3 is 0.867 bits per heavy atom. The Balaban J connectivity index is 1.15. The van der Waals surface area contributed by atoms with Gasteiger partial charge < -0.3 is 9.13 Å². The van der Waals surface area contributed by atoms with E-state index in [4.69, 9.17) is 15.0 Å². The van der Waals surface area contributed by atoms with Crippen LogP contribution in [0.2, 0.25) is 0 Å². The summed E-state index contributed by atoms with van der Waals surface area (Å²) in [5, 5.41) is 35.9. The molecular weight excluding hydrogens is 1100 g/mol. The summed E-state index contributed by atoms with van der Waals surface area (Å²) in [6.45, 7) is 27.1. The van der Waals surface area contributed by atoms with Crippen molar-refractivity contribution in [2.75, 3.05) is 0 Å². The minimum Gasteiger partial charge on any atom is -0.308 e. The Morgan fingerprint density at radius 1 is 0.278 bits per heavy atom. The van der Waals surface area contributed by atoms with E-state index < -0.39 is 0 Å². The van der Waals surface area contributed by atoms with Gasteiger partial charge in [-0.25, -0.2) is 15.0 Å². The molecule has 13 aromatic rings. The Kier molecular flexibility index (Phi) is 14.2. The number of hydrogen-bond acceptors (Lipinski definition) is 6. The standard InChI is InChI=1S/C82H70N8/c1-79(2,3)57-31-37-70-66(43-57)67-44-58(80(4,5)6)32-38-71(67)89(70)74-41-52(62-23-17-14-20-55(62)48-84)29-35-64(74)77-86-76(51-27-25-50(26-28-51)61-22-16-13-19-54(61)47-83)87-78(88-77)65-36-30-53(63-24-18-15-21-56(63)49-85)42-75(65)90-72-39-33-59(81(7,8)9)45-68(72)69-46-60(82(10,11)12)34-40-73(69)90/h13-46H,1-12H3. The van der Waals surface area contributed by atoms with Gasteiger partial charge in [-0.1, -0.05) is 198 Å². The van der Waals surface area contributed by atoms with E-state index in [9.17, 15) is 15.8 Å². The molecular formula is C82H70N8. The normalized spacial score (nSPS) is 12.2. The molecule has 10 aromatic carbocycles. The Morgan fingerprint density at radius 2 is 0.556 bits per heavy atom. The molecule has 8 heteroatoms. The first-order valence-electron chi connectivity index (χ1n) is 30.8. The average Bonchev–Trinajstić information content (AvgIpc) is 1.56. The van der Waals surface area contributed by atoms with Gasteiger partial charge in [-0.2, -0.15) is 15.8 Å². The third kappa shape index (κ3) is 10.4. The van der Waals surface area contributed by atoms with Crippen LogP contribution >= 0.6 is 0 Å². The van der Waals surface area contributed by atoms with Crippen molar-refractivity contribution in [1.82, 2.24) is 24.1 Å². The van der Waals surface area contributed by atoms with Crippen molar-refractivity contribution in [2.45, 2.75) is 105 Å².